The SMILES string of the molecule is C=C1CC[C@H](Nc2ccc(N3CCN([C@@H]4CCN(Cc5c(OC)cc(-c6cn(C)c(=O)c(C)c6C)cc5OC)CC4(F)F)CC3)c(F)c2)C(=O)N1. The highest BCUT2D eigenvalue weighted by Gasteiger charge is 2.48. The highest BCUT2D eigenvalue weighted by molar-refractivity contribution is 5.87. The average Bonchev–Trinajstić information content (AvgIpc) is 3.10. The number of hydrogen-bond acceptors (Lipinski definition) is 8. The molecule has 0 saturated carbocycles. The van der Waals surface area contributed by atoms with E-state index in [0.717, 1.165) is 16.7 Å². The fraction of sp³-hybridized carbons (Fsp3) is 0.474. The standard InChI is InChI=1S/C38H47F3N6O4/c1-23-7-9-31(36(48)42-23)43-27-8-10-32(30(39)19-27)46-13-15-47(16-14-46)35-11-12-45(22-38(35,40)41)21-29-33(50-5)17-26(18-34(29)51-6)28-20-44(4)37(49)25(3)24(28)2/h8,10,17-20,31,35,43H,1,7,9,11-16,21-22H2,2-6H3,(H,42,48)/t31-,35+/m0/s1. The molecule has 2 atom stereocenters. The van der Waals surface area contributed by atoms with Crippen LogP contribution in [0.4, 0.5) is 24.5 Å². The summed E-state index contributed by atoms with van der Waals surface area (Å²) >= 11 is 0. The molecule has 0 radical (unpaired) electrons. The van der Waals surface area contributed by atoms with Gasteiger partial charge in [-0.1, -0.05) is 6.58 Å². The molecule has 6 rings (SSSR count). The molecular weight excluding hydrogens is 661 g/mol. The number of pyridine rings is 1. The number of methoxy groups -OCH3 is 2. The van der Waals surface area contributed by atoms with Crippen molar-refractivity contribution in [2.75, 3.05) is 63.7 Å². The molecule has 13 heteroatoms. The van der Waals surface area contributed by atoms with Gasteiger partial charge in [0.1, 0.15) is 23.4 Å². The minimum atomic E-state index is -2.97. The first kappa shape index (κ1) is 36.3. The van der Waals surface area contributed by atoms with Crippen molar-refractivity contribution in [3.63, 3.8) is 0 Å². The van der Waals surface area contributed by atoms with Gasteiger partial charge in [0.15, 0.2) is 0 Å². The molecule has 0 spiro atoms. The van der Waals surface area contributed by atoms with Crippen LogP contribution in [0, 0.1) is 19.7 Å². The lowest BCUT2D eigenvalue weighted by Crippen LogP contribution is -2.61. The summed E-state index contributed by atoms with van der Waals surface area (Å²) in [6.07, 6.45) is 3.30. The smallest absolute Gasteiger partial charge is 0.275 e. The fourth-order valence-electron chi connectivity index (χ4n) is 7.61. The number of ether oxygens (including phenoxy) is 2. The van der Waals surface area contributed by atoms with Crippen molar-refractivity contribution in [1.29, 1.82) is 0 Å². The number of aryl methyl sites for hydroxylation is 1. The second-order valence-corrected chi connectivity index (χ2v) is 13.9. The van der Waals surface area contributed by atoms with Crippen LogP contribution in [0.1, 0.15) is 36.0 Å². The minimum absolute atomic E-state index is 0.0642. The topological polar surface area (TPSA) is 91.3 Å². The van der Waals surface area contributed by atoms with Gasteiger partial charge in [0.2, 0.25) is 5.91 Å². The third kappa shape index (κ3) is 7.45. The van der Waals surface area contributed by atoms with Crippen LogP contribution in [0.15, 0.2) is 53.6 Å². The Morgan fingerprint density at radius 3 is 2.27 bits per heavy atom. The van der Waals surface area contributed by atoms with Gasteiger partial charge in [-0.3, -0.25) is 19.4 Å². The second kappa shape index (κ2) is 14.6. The van der Waals surface area contributed by atoms with E-state index in [1.54, 1.807) is 56.0 Å². The predicted octanol–water partition coefficient (Wildman–Crippen LogP) is 5.06. The number of carbonyl (C=O) groups is 1. The lowest BCUT2D eigenvalue weighted by Gasteiger charge is -2.46. The van der Waals surface area contributed by atoms with Crippen LogP contribution in [0.2, 0.25) is 0 Å². The van der Waals surface area contributed by atoms with Crippen LogP contribution in [0.3, 0.4) is 0 Å². The summed E-state index contributed by atoms with van der Waals surface area (Å²) < 4.78 is 60.1. The molecule has 0 bridgehead atoms. The molecule has 4 heterocycles. The van der Waals surface area contributed by atoms with Crippen LogP contribution in [0.5, 0.6) is 11.5 Å². The van der Waals surface area contributed by atoms with Gasteiger partial charge in [0.05, 0.1) is 38.1 Å². The Hall–Kier alpha value is -4.49. The van der Waals surface area contributed by atoms with Gasteiger partial charge in [-0.05, 0) is 74.6 Å². The van der Waals surface area contributed by atoms with Crippen molar-refractivity contribution in [3.8, 4) is 22.6 Å². The van der Waals surface area contributed by atoms with E-state index < -0.39 is 30.4 Å². The number of halogens is 3. The van der Waals surface area contributed by atoms with Gasteiger partial charge in [-0.15, -0.1) is 0 Å². The molecule has 3 aromatic rings. The number of nitrogens with one attached hydrogen (secondary N) is 2. The molecule has 10 nitrogen and oxygen atoms in total. The van der Waals surface area contributed by atoms with Gasteiger partial charge in [0, 0.05) is 75.0 Å². The molecule has 274 valence electrons. The van der Waals surface area contributed by atoms with E-state index in [9.17, 15) is 9.59 Å². The van der Waals surface area contributed by atoms with Crippen LogP contribution in [-0.2, 0) is 18.4 Å². The number of rotatable bonds is 9. The van der Waals surface area contributed by atoms with Crippen molar-refractivity contribution in [3.05, 3.63) is 81.7 Å². The number of piperazine rings is 1. The number of aromatic nitrogens is 1. The monoisotopic (exact) mass is 708 g/mol. The first-order valence-electron chi connectivity index (χ1n) is 17.4. The normalized spacial score (nSPS) is 21.4. The summed E-state index contributed by atoms with van der Waals surface area (Å²) in [7, 11) is 4.81. The van der Waals surface area contributed by atoms with Crippen LogP contribution < -0.4 is 30.6 Å². The number of piperidine rings is 2. The zero-order chi connectivity index (χ0) is 36.6. The Morgan fingerprint density at radius 2 is 1.67 bits per heavy atom. The number of allylic oxidation sites excluding steroid dienone is 1. The third-order valence-corrected chi connectivity index (χ3v) is 10.6. The Bertz CT molecular complexity index is 1850. The number of alkyl halides is 2. The lowest BCUT2D eigenvalue weighted by atomic mass is 9.95. The zero-order valence-corrected chi connectivity index (χ0v) is 30.0. The predicted molar refractivity (Wildman–Crippen MR) is 192 cm³/mol. The fourth-order valence-corrected chi connectivity index (χ4v) is 7.61. The highest BCUT2D eigenvalue weighted by atomic mass is 19.3. The molecule has 3 saturated heterocycles. The molecule has 1 amide bonds. The van der Waals surface area contributed by atoms with Gasteiger partial charge in [-0.2, -0.15) is 0 Å². The van der Waals surface area contributed by atoms with E-state index in [1.165, 1.54) is 6.07 Å². The number of anilines is 2. The molecule has 51 heavy (non-hydrogen) atoms. The van der Waals surface area contributed by atoms with Gasteiger partial charge < -0.3 is 29.6 Å². The third-order valence-electron chi connectivity index (χ3n) is 10.6. The molecular formula is C38H47F3N6O4. The highest BCUT2D eigenvalue weighted by Crippen LogP contribution is 2.39. The number of carbonyl (C=O) groups excluding carboxylic acids is 1. The Labute approximate surface area is 296 Å². The lowest BCUT2D eigenvalue weighted by molar-refractivity contribution is -0.129. The largest absolute Gasteiger partial charge is 0.496 e. The first-order chi connectivity index (χ1) is 24.3. The first-order valence-corrected chi connectivity index (χ1v) is 17.4. The zero-order valence-electron chi connectivity index (χ0n) is 30.0. The number of hydrogen-bond donors (Lipinski definition) is 2. The van der Waals surface area contributed by atoms with E-state index in [1.807, 2.05) is 28.9 Å². The Morgan fingerprint density at radius 1 is 0.980 bits per heavy atom. The van der Waals surface area contributed by atoms with Crippen molar-refractivity contribution < 1.29 is 27.4 Å². The summed E-state index contributed by atoms with van der Waals surface area (Å²) in [5.41, 5.74) is 5.39. The molecule has 0 aliphatic carbocycles. The Balaban J connectivity index is 1.09. The number of amides is 1. The Kier molecular flexibility index (Phi) is 10.4. The van der Waals surface area contributed by atoms with Gasteiger partial charge in [-0.25, -0.2) is 13.2 Å². The van der Waals surface area contributed by atoms with Crippen LogP contribution >= 0.6 is 0 Å². The molecule has 1 aromatic heterocycles. The summed E-state index contributed by atoms with van der Waals surface area (Å²) in [6.45, 7) is 9.37. The van der Waals surface area contributed by atoms with Crippen molar-refractivity contribution in [1.82, 2.24) is 19.7 Å². The second-order valence-electron chi connectivity index (χ2n) is 13.9. The summed E-state index contributed by atoms with van der Waals surface area (Å²) in [5.74, 6) is -2.53. The van der Waals surface area contributed by atoms with Gasteiger partial charge >= 0.3 is 0 Å². The van der Waals surface area contributed by atoms with Crippen LogP contribution in [0.25, 0.3) is 11.1 Å². The van der Waals surface area contributed by atoms with E-state index in [0.29, 0.717) is 85.3 Å². The number of nitrogens with zero attached hydrogens (tertiary/aromatic N) is 4. The maximum atomic E-state index is 15.9. The molecule has 2 aromatic carbocycles. The summed E-state index contributed by atoms with van der Waals surface area (Å²) in [6, 6.07) is 7.16. The van der Waals surface area contributed by atoms with E-state index in [-0.39, 0.29) is 24.4 Å². The number of likely N-dealkylation sites (tertiary alicyclic amines) is 1. The van der Waals surface area contributed by atoms with Crippen molar-refractivity contribution in [2.45, 2.75) is 57.7 Å². The average molecular weight is 709 g/mol. The summed E-state index contributed by atoms with van der Waals surface area (Å²) in [4.78, 5) is 30.2. The van der Waals surface area contributed by atoms with Crippen LogP contribution in [-0.4, -0.2) is 91.8 Å². The maximum absolute atomic E-state index is 15.9. The maximum Gasteiger partial charge on any atom is 0.275 e. The molecule has 3 fully saturated rings. The van der Waals surface area contributed by atoms with E-state index >= 15 is 13.2 Å². The molecule has 0 unspecified atom stereocenters. The number of benzene rings is 2. The molecule has 3 aliphatic rings. The minimum Gasteiger partial charge on any atom is -0.496 e. The quantitative estimate of drug-likeness (QED) is 0.319. The van der Waals surface area contributed by atoms with Crippen molar-refractivity contribution in [2.24, 2.45) is 7.05 Å². The van der Waals surface area contributed by atoms with E-state index in [4.69, 9.17) is 9.47 Å². The molecule has 3 aliphatic heterocycles. The van der Waals surface area contributed by atoms with E-state index in [2.05, 4.69) is 17.2 Å². The molecule has 2 N–H and O–H groups in total. The van der Waals surface area contributed by atoms with Gasteiger partial charge in [0.25, 0.3) is 11.5 Å². The van der Waals surface area contributed by atoms with Crippen molar-refractivity contribution >= 4 is 17.3 Å². The summed E-state index contributed by atoms with van der Waals surface area (Å²) in [5, 5.41) is 5.82.